The minimum absolute atomic E-state index is 0.0956. The third kappa shape index (κ3) is 4.69. The average molecular weight is 483 g/mol. The van der Waals surface area contributed by atoms with Crippen molar-refractivity contribution < 1.29 is 4.79 Å². The normalized spacial score (nSPS) is 15.9. The second-order valence-corrected chi connectivity index (χ2v) is 9.52. The molecule has 184 valence electrons. The van der Waals surface area contributed by atoms with Crippen molar-refractivity contribution in [2.24, 2.45) is 0 Å². The first-order chi connectivity index (χ1) is 17.4. The molecule has 7 heteroatoms. The van der Waals surface area contributed by atoms with Gasteiger partial charge in [-0.1, -0.05) is 42.5 Å². The van der Waals surface area contributed by atoms with Crippen LogP contribution in [-0.4, -0.2) is 46.0 Å². The monoisotopic (exact) mass is 482 g/mol. The SMILES string of the molecule is Cc1cccc(N2CCN(C(=O)c3ccc4c(=O)n(CCc5ccccc5)c(=O)[nH]c4c3)C[C@@H]2C)c1. The molecule has 1 amide bonds. The molecule has 1 atom stereocenters. The maximum absolute atomic E-state index is 13.3. The zero-order chi connectivity index (χ0) is 25.2. The predicted molar refractivity (Wildman–Crippen MR) is 143 cm³/mol. The third-order valence-electron chi connectivity index (χ3n) is 6.94. The van der Waals surface area contributed by atoms with Gasteiger partial charge in [-0.25, -0.2) is 4.79 Å². The smallest absolute Gasteiger partial charge is 0.328 e. The fourth-order valence-electron chi connectivity index (χ4n) is 4.99. The van der Waals surface area contributed by atoms with E-state index in [0.717, 1.165) is 12.1 Å². The Morgan fingerprint density at radius 3 is 2.53 bits per heavy atom. The number of fused-ring (bicyclic) bond motifs is 1. The van der Waals surface area contributed by atoms with Crippen molar-refractivity contribution in [1.29, 1.82) is 0 Å². The quantitative estimate of drug-likeness (QED) is 0.472. The van der Waals surface area contributed by atoms with Crippen molar-refractivity contribution in [3.8, 4) is 0 Å². The van der Waals surface area contributed by atoms with E-state index in [-0.39, 0.29) is 24.1 Å². The van der Waals surface area contributed by atoms with Crippen LogP contribution in [0.4, 0.5) is 5.69 Å². The van der Waals surface area contributed by atoms with Crippen LogP contribution in [0.2, 0.25) is 0 Å². The van der Waals surface area contributed by atoms with Gasteiger partial charge in [-0.05, 0) is 61.7 Å². The van der Waals surface area contributed by atoms with Crippen LogP contribution in [0.5, 0.6) is 0 Å². The Morgan fingerprint density at radius 1 is 0.972 bits per heavy atom. The van der Waals surface area contributed by atoms with Gasteiger partial charge in [0.2, 0.25) is 0 Å². The first-order valence-corrected chi connectivity index (χ1v) is 12.3. The fraction of sp³-hybridized carbons (Fsp3) is 0.276. The summed E-state index contributed by atoms with van der Waals surface area (Å²) in [5.41, 5.74) is 3.48. The highest BCUT2D eigenvalue weighted by molar-refractivity contribution is 5.97. The summed E-state index contributed by atoms with van der Waals surface area (Å²) in [4.78, 5) is 46.0. The van der Waals surface area contributed by atoms with Crippen molar-refractivity contribution in [3.05, 3.63) is 110 Å². The molecule has 5 rings (SSSR count). The highest BCUT2D eigenvalue weighted by Crippen LogP contribution is 2.23. The van der Waals surface area contributed by atoms with Crippen LogP contribution in [0.25, 0.3) is 10.9 Å². The van der Waals surface area contributed by atoms with E-state index in [0.29, 0.717) is 36.0 Å². The molecule has 1 aliphatic rings. The third-order valence-corrected chi connectivity index (χ3v) is 6.94. The second-order valence-electron chi connectivity index (χ2n) is 9.52. The molecule has 1 N–H and O–H groups in total. The Bertz CT molecular complexity index is 1520. The molecule has 7 nitrogen and oxygen atoms in total. The molecule has 0 unspecified atom stereocenters. The maximum Gasteiger partial charge on any atom is 0.328 e. The number of piperazine rings is 1. The topological polar surface area (TPSA) is 78.4 Å². The van der Waals surface area contributed by atoms with Gasteiger partial charge in [-0.3, -0.25) is 14.2 Å². The number of hydrogen-bond donors (Lipinski definition) is 1. The number of amides is 1. The van der Waals surface area contributed by atoms with E-state index < -0.39 is 5.69 Å². The van der Waals surface area contributed by atoms with E-state index in [1.807, 2.05) is 35.2 Å². The molecule has 1 aromatic heterocycles. The minimum Gasteiger partial charge on any atom is -0.365 e. The van der Waals surface area contributed by atoms with E-state index >= 15 is 0 Å². The number of anilines is 1. The summed E-state index contributed by atoms with van der Waals surface area (Å²) in [6.07, 6.45) is 0.582. The number of carbonyl (C=O) groups excluding carboxylic acids is 1. The number of H-pyrrole nitrogens is 1. The number of nitrogens with one attached hydrogen (secondary N) is 1. The number of aromatic nitrogens is 2. The lowest BCUT2D eigenvalue weighted by atomic mass is 10.1. The summed E-state index contributed by atoms with van der Waals surface area (Å²) in [5.74, 6) is -0.0956. The lowest BCUT2D eigenvalue weighted by molar-refractivity contribution is 0.0726. The van der Waals surface area contributed by atoms with Crippen molar-refractivity contribution in [2.45, 2.75) is 32.9 Å². The van der Waals surface area contributed by atoms with Crippen molar-refractivity contribution >= 4 is 22.5 Å². The largest absolute Gasteiger partial charge is 0.365 e. The summed E-state index contributed by atoms with van der Waals surface area (Å²) in [7, 11) is 0. The van der Waals surface area contributed by atoms with Crippen molar-refractivity contribution in [2.75, 3.05) is 24.5 Å². The van der Waals surface area contributed by atoms with Gasteiger partial charge in [-0.2, -0.15) is 0 Å². The molecule has 36 heavy (non-hydrogen) atoms. The highest BCUT2D eigenvalue weighted by Gasteiger charge is 2.28. The van der Waals surface area contributed by atoms with Gasteiger partial charge < -0.3 is 14.8 Å². The number of aromatic amines is 1. The summed E-state index contributed by atoms with van der Waals surface area (Å²) >= 11 is 0. The molecule has 1 fully saturated rings. The Hall–Kier alpha value is -4.13. The average Bonchev–Trinajstić information content (AvgIpc) is 2.88. The van der Waals surface area contributed by atoms with Gasteiger partial charge in [0.25, 0.3) is 11.5 Å². The first kappa shape index (κ1) is 23.6. The molecule has 1 aliphatic heterocycles. The molecular weight excluding hydrogens is 452 g/mol. The van der Waals surface area contributed by atoms with Crippen molar-refractivity contribution in [1.82, 2.24) is 14.5 Å². The van der Waals surface area contributed by atoms with Gasteiger partial charge in [0.1, 0.15) is 0 Å². The van der Waals surface area contributed by atoms with E-state index in [4.69, 9.17) is 0 Å². The van der Waals surface area contributed by atoms with Crippen molar-refractivity contribution in [3.63, 3.8) is 0 Å². The number of hydrogen-bond acceptors (Lipinski definition) is 4. The summed E-state index contributed by atoms with van der Waals surface area (Å²) < 4.78 is 1.23. The minimum atomic E-state index is -0.464. The Balaban J connectivity index is 1.34. The molecule has 0 radical (unpaired) electrons. The van der Waals surface area contributed by atoms with Crippen LogP contribution in [0.3, 0.4) is 0 Å². The zero-order valence-corrected chi connectivity index (χ0v) is 20.6. The Labute approximate surface area is 209 Å². The molecule has 0 bridgehead atoms. The van der Waals surface area contributed by atoms with Crippen LogP contribution in [0.15, 0.2) is 82.4 Å². The molecule has 1 saturated heterocycles. The molecule has 2 heterocycles. The van der Waals surface area contributed by atoms with E-state index in [1.54, 1.807) is 18.2 Å². The van der Waals surface area contributed by atoms with Crippen LogP contribution in [-0.2, 0) is 13.0 Å². The van der Waals surface area contributed by atoms with Crippen LogP contribution in [0, 0.1) is 6.92 Å². The number of rotatable bonds is 5. The predicted octanol–water partition coefficient (Wildman–Crippen LogP) is 3.59. The Kier molecular flexibility index (Phi) is 6.46. The van der Waals surface area contributed by atoms with Gasteiger partial charge in [0.15, 0.2) is 0 Å². The lowest BCUT2D eigenvalue weighted by Crippen LogP contribution is -2.53. The number of aryl methyl sites for hydroxylation is 2. The number of nitrogens with zero attached hydrogens (tertiary/aromatic N) is 3. The van der Waals surface area contributed by atoms with Gasteiger partial charge in [0, 0.05) is 43.5 Å². The van der Waals surface area contributed by atoms with Crippen LogP contribution in [0.1, 0.15) is 28.4 Å². The maximum atomic E-state index is 13.3. The molecule has 4 aromatic rings. The molecule has 0 spiro atoms. The summed E-state index contributed by atoms with van der Waals surface area (Å²) in [6.45, 7) is 6.44. The fourth-order valence-corrected chi connectivity index (χ4v) is 4.99. The van der Waals surface area contributed by atoms with E-state index in [9.17, 15) is 14.4 Å². The van der Waals surface area contributed by atoms with E-state index in [1.165, 1.54) is 15.8 Å². The second kappa shape index (κ2) is 9.85. The van der Waals surface area contributed by atoms with Gasteiger partial charge in [-0.15, -0.1) is 0 Å². The van der Waals surface area contributed by atoms with E-state index in [2.05, 4.69) is 48.0 Å². The number of carbonyl (C=O) groups is 1. The lowest BCUT2D eigenvalue weighted by Gasteiger charge is -2.41. The molecule has 0 saturated carbocycles. The molecule has 3 aromatic carbocycles. The standard InChI is InChI=1S/C29H30N4O3/c1-20-7-6-10-24(17-20)32-16-15-31(19-21(32)2)27(34)23-11-12-25-26(18-23)30-29(36)33(28(25)35)14-13-22-8-4-3-5-9-22/h3-12,17-18,21H,13-16,19H2,1-2H3,(H,30,36)/t21-/m0/s1. The summed E-state index contributed by atoms with van der Waals surface area (Å²) in [5, 5.41) is 0.400. The van der Waals surface area contributed by atoms with Crippen LogP contribution < -0.4 is 16.1 Å². The van der Waals surface area contributed by atoms with Gasteiger partial charge in [0.05, 0.1) is 10.9 Å². The zero-order valence-electron chi connectivity index (χ0n) is 20.6. The molecule has 0 aliphatic carbocycles. The van der Waals surface area contributed by atoms with Gasteiger partial charge >= 0.3 is 5.69 Å². The number of benzene rings is 3. The first-order valence-electron chi connectivity index (χ1n) is 12.3. The molecular formula is C29H30N4O3. The Morgan fingerprint density at radius 2 is 1.78 bits per heavy atom. The highest BCUT2D eigenvalue weighted by atomic mass is 16.2. The summed E-state index contributed by atoms with van der Waals surface area (Å²) in [6, 6.07) is 23.3. The van der Waals surface area contributed by atoms with Crippen LogP contribution >= 0.6 is 0 Å².